The van der Waals surface area contributed by atoms with Gasteiger partial charge in [0.2, 0.25) is 0 Å². The molecule has 2 rings (SSSR count). The molecule has 0 fully saturated rings. The van der Waals surface area contributed by atoms with E-state index in [2.05, 4.69) is 22.6 Å². The molecule has 3 heteroatoms. The minimum atomic E-state index is -0.313. The molecule has 0 amide bonds. The summed E-state index contributed by atoms with van der Waals surface area (Å²) in [7, 11) is 0. The van der Waals surface area contributed by atoms with Gasteiger partial charge < -0.3 is 4.74 Å². The number of ether oxygens (including phenoxy) is 1. The molecule has 0 aliphatic rings. The maximum atomic E-state index is 12.1. The van der Waals surface area contributed by atoms with Gasteiger partial charge in [-0.05, 0) is 78.3 Å². The number of rotatable bonds is 2. The highest BCUT2D eigenvalue weighted by atomic mass is 127. The summed E-state index contributed by atoms with van der Waals surface area (Å²) >= 11 is 2.22. The van der Waals surface area contributed by atoms with Crippen molar-refractivity contribution in [3.05, 3.63) is 62.2 Å². The van der Waals surface area contributed by atoms with E-state index in [1.807, 2.05) is 51.1 Å². The Morgan fingerprint density at radius 2 is 1.68 bits per heavy atom. The van der Waals surface area contributed by atoms with Gasteiger partial charge in [0.25, 0.3) is 0 Å². The van der Waals surface area contributed by atoms with Gasteiger partial charge in [0, 0.05) is 3.57 Å². The number of esters is 1. The molecule has 2 aromatic rings. The molecule has 0 aliphatic carbocycles. The van der Waals surface area contributed by atoms with Crippen LogP contribution < -0.4 is 4.74 Å². The van der Waals surface area contributed by atoms with Crippen LogP contribution in [0, 0.1) is 24.3 Å². The second-order valence-corrected chi connectivity index (χ2v) is 5.78. The van der Waals surface area contributed by atoms with E-state index in [-0.39, 0.29) is 5.97 Å². The summed E-state index contributed by atoms with van der Waals surface area (Å²) in [4.78, 5) is 12.1. The van der Waals surface area contributed by atoms with Crippen LogP contribution in [0.25, 0.3) is 0 Å². The fraction of sp³-hybridized carbons (Fsp3) is 0.188. The lowest BCUT2D eigenvalue weighted by Gasteiger charge is -2.09. The first-order chi connectivity index (χ1) is 8.97. The Kier molecular flexibility index (Phi) is 4.24. The Bertz CT molecular complexity index is 633. The monoisotopic (exact) mass is 366 g/mol. The first-order valence-corrected chi connectivity index (χ1v) is 7.11. The molecule has 2 nitrogen and oxygen atoms in total. The minimum absolute atomic E-state index is 0.313. The van der Waals surface area contributed by atoms with Crippen molar-refractivity contribution in [1.29, 1.82) is 0 Å². The largest absolute Gasteiger partial charge is 0.423 e. The molecule has 0 saturated heterocycles. The van der Waals surface area contributed by atoms with Gasteiger partial charge in [-0.15, -0.1) is 0 Å². The van der Waals surface area contributed by atoms with E-state index in [4.69, 9.17) is 4.74 Å². The summed E-state index contributed by atoms with van der Waals surface area (Å²) in [5.74, 6) is 0.312. The molecule has 0 unspecified atom stereocenters. The first kappa shape index (κ1) is 14.1. The molecule has 0 saturated carbocycles. The van der Waals surface area contributed by atoms with E-state index in [9.17, 15) is 4.79 Å². The molecule has 98 valence electrons. The SMILES string of the molecule is Cc1ccc(C)c(OC(=O)c2ccc(C)c(I)c2)c1. The number of carbonyl (C=O) groups is 1. The van der Waals surface area contributed by atoms with E-state index >= 15 is 0 Å². The van der Waals surface area contributed by atoms with Gasteiger partial charge in [0.1, 0.15) is 5.75 Å². The van der Waals surface area contributed by atoms with Crippen molar-refractivity contribution >= 4 is 28.6 Å². The highest BCUT2D eigenvalue weighted by molar-refractivity contribution is 14.1. The van der Waals surface area contributed by atoms with E-state index in [1.54, 1.807) is 6.07 Å². The molecule has 0 aliphatic heterocycles. The van der Waals surface area contributed by atoms with Crippen LogP contribution in [-0.2, 0) is 0 Å². The second kappa shape index (κ2) is 5.74. The standard InChI is InChI=1S/C16H15IO2/c1-10-4-5-12(3)15(8-10)19-16(18)13-7-6-11(2)14(17)9-13/h4-9H,1-3H3. The summed E-state index contributed by atoms with van der Waals surface area (Å²) in [6.45, 7) is 5.92. The number of halogens is 1. The number of benzene rings is 2. The van der Waals surface area contributed by atoms with Crippen LogP contribution in [0.1, 0.15) is 27.0 Å². The molecule has 0 aromatic heterocycles. The summed E-state index contributed by atoms with van der Waals surface area (Å²) in [6, 6.07) is 11.4. The van der Waals surface area contributed by atoms with Crippen LogP contribution in [0.15, 0.2) is 36.4 Å². The molecular weight excluding hydrogens is 351 g/mol. The van der Waals surface area contributed by atoms with Crippen molar-refractivity contribution in [2.24, 2.45) is 0 Å². The molecule has 0 heterocycles. The van der Waals surface area contributed by atoms with E-state index in [1.165, 1.54) is 0 Å². The molecule has 0 atom stereocenters. The normalized spacial score (nSPS) is 10.3. The summed E-state index contributed by atoms with van der Waals surface area (Å²) in [6.07, 6.45) is 0. The zero-order valence-corrected chi connectivity index (χ0v) is 13.3. The van der Waals surface area contributed by atoms with Crippen LogP contribution in [0.4, 0.5) is 0 Å². The molecule has 0 N–H and O–H groups in total. The molecule has 0 spiro atoms. The maximum Gasteiger partial charge on any atom is 0.343 e. The van der Waals surface area contributed by atoms with Crippen molar-refractivity contribution in [3.8, 4) is 5.75 Å². The number of hydrogen-bond donors (Lipinski definition) is 0. The third kappa shape index (κ3) is 3.35. The third-order valence-electron chi connectivity index (χ3n) is 2.95. The summed E-state index contributed by atoms with van der Waals surface area (Å²) in [5.41, 5.74) is 3.77. The number of carbonyl (C=O) groups excluding carboxylic acids is 1. The first-order valence-electron chi connectivity index (χ1n) is 6.03. The zero-order valence-electron chi connectivity index (χ0n) is 11.2. The van der Waals surface area contributed by atoms with Crippen LogP contribution in [0.2, 0.25) is 0 Å². The van der Waals surface area contributed by atoms with Crippen LogP contribution in [0.3, 0.4) is 0 Å². The quantitative estimate of drug-likeness (QED) is 0.446. The van der Waals surface area contributed by atoms with Gasteiger partial charge in [-0.25, -0.2) is 4.79 Å². The van der Waals surface area contributed by atoms with E-state index in [0.29, 0.717) is 11.3 Å². The highest BCUT2D eigenvalue weighted by Crippen LogP contribution is 2.21. The van der Waals surface area contributed by atoms with Gasteiger partial charge in [0.05, 0.1) is 5.56 Å². The predicted octanol–water partition coefficient (Wildman–Crippen LogP) is 4.44. The molecule has 19 heavy (non-hydrogen) atoms. The van der Waals surface area contributed by atoms with E-state index in [0.717, 1.165) is 20.3 Å². The smallest absolute Gasteiger partial charge is 0.343 e. The van der Waals surface area contributed by atoms with Gasteiger partial charge in [-0.3, -0.25) is 0 Å². The fourth-order valence-electron chi connectivity index (χ4n) is 1.70. The van der Waals surface area contributed by atoms with Crippen molar-refractivity contribution in [3.63, 3.8) is 0 Å². The summed E-state index contributed by atoms with van der Waals surface area (Å²) < 4.78 is 6.53. The average Bonchev–Trinajstić information content (AvgIpc) is 2.37. The van der Waals surface area contributed by atoms with Gasteiger partial charge in [0.15, 0.2) is 0 Å². The van der Waals surface area contributed by atoms with Crippen molar-refractivity contribution < 1.29 is 9.53 Å². The third-order valence-corrected chi connectivity index (χ3v) is 4.12. The summed E-state index contributed by atoms with van der Waals surface area (Å²) in [5, 5.41) is 0. The fourth-order valence-corrected chi connectivity index (χ4v) is 2.21. The van der Waals surface area contributed by atoms with Crippen molar-refractivity contribution in [2.45, 2.75) is 20.8 Å². The average molecular weight is 366 g/mol. The second-order valence-electron chi connectivity index (χ2n) is 4.62. The Morgan fingerprint density at radius 1 is 1.00 bits per heavy atom. The Labute approximate surface area is 126 Å². The molecule has 0 bridgehead atoms. The Hall–Kier alpha value is -1.36. The lowest BCUT2D eigenvalue weighted by Crippen LogP contribution is -2.09. The Balaban J connectivity index is 2.25. The lowest BCUT2D eigenvalue weighted by molar-refractivity contribution is 0.0733. The van der Waals surface area contributed by atoms with Gasteiger partial charge >= 0.3 is 5.97 Å². The highest BCUT2D eigenvalue weighted by Gasteiger charge is 2.11. The van der Waals surface area contributed by atoms with Gasteiger partial charge in [-0.2, -0.15) is 0 Å². The molecule has 2 aromatic carbocycles. The predicted molar refractivity (Wildman–Crippen MR) is 84.8 cm³/mol. The number of aryl methyl sites for hydroxylation is 3. The molecule has 0 radical (unpaired) electrons. The maximum absolute atomic E-state index is 12.1. The van der Waals surface area contributed by atoms with Gasteiger partial charge in [-0.1, -0.05) is 18.2 Å². The van der Waals surface area contributed by atoms with Crippen molar-refractivity contribution in [1.82, 2.24) is 0 Å². The Morgan fingerprint density at radius 3 is 2.37 bits per heavy atom. The minimum Gasteiger partial charge on any atom is -0.423 e. The molecular formula is C16H15IO2. The zero-order chi connectivity index (χ0) is 14.0. The van der Waals surface area contributed by atoms with E-state index < -0.39 is 0 Å². The number of hydrogen-bond acceptors (Lipinski definition) is 2. The topological polar surface area (TPSA) is 26.3 Å². The van der Waals surface area contributed by atoms with Crippen LogP contribution >= 0.6 is 22.6 Å². The lowest BCUT2D eigenvalue weighted by atomic mass is 10.1. The van der Waals surface area contributed by atoms with Crippen LogP contribution in [0.5, 0.6) is 5.75 Å². The van der Waals surface area contributed by atoms with Crippen LogP contribution in [-0.4, -0.2) is 5.97 Å². The van der Waals surface area contributed by atoms with Crippen molar-refractivity contribution in [2.75, 3.05) is 0 Å².